The Hall–Kier alpha value is -4.28. The standard InChI is InChI=1S/C23H37N7O10/c1-3-10(2)18(30-19(35)11-5-4-6-26-11)22(38)28-12(7-15(24)31)20(36)27-13(9-17(33)34)21(37)29-14(23(39)40)8-16(25)32/h10-14,18,26H,3-9H2,1-2H3,(H2,24,31)(H2,25,32)(H,27,36)(H,28,38)(H,29,37)(H,30,35)(H,33,34)(H,39,40)/t10-,11-,12-,13-,14-,18-/m0/s1. The van der Waals surface area contributed by atoms with E-state index in [1.165, 1.54) is 0 Å². The predicted octanol–water partition coefficient (Wildman–Crippen LogP) is -3.97. The van der Waals surface area contributed by atoms with Crippen molar-refractivity contribution in [3.8, 4) is 0 Å². The molecule has 6 atom stereocenters. The van der Waals surface area contributed by atoms with E-state index in [0.717, 1.165) is 6.42 Å². The van der Waals surface area contributed by atoms with E-state index in [2.05, 4.69) is 21.3 Å². The van der Waals surface area contributed by atoms with Crippen molar-refractivity contribution in [2.75, 3.05) is 6.54 Å². The van der Waals surface area contributed by atoms with Gasteiger partial charge in [-0.15, -0.1) is 0 Å². The van der Waals surface area contributed by atoms with Crippen molar-refractivity contribution in [1.82, 2.24) is 26.6 Å². The number of hydrogen-bond acceptors (Lipinski definition) is 9. The maximum absolute atomic E-state index is 13.2. The minimum Gasteiger partial charge on any atom is -0.481 e. The number of rotatable bonds is 17. The van der Waals surface area contributed by atoms with Gasteiger partial charge < -0.3 is 48.3 Å². The van der Waals surface area contributed by atoms with E-state index in [1.807, 2.05) is 5.32 Å². The van der Waals surface area contributed by atoms with Crippen LogP contribution >= 0.6 is 0 Å². The lowest BCUT2D eigenvalue weighted by molar-refractivity contribution is -0.145. The number of primary amides is 2. The molecule has 1 rings (SSSR count). The Bertz CT molecular complexity index is 998. The van der Waals surface area contributed by atoms with Crippen LogP contribution < -0.4 is 38.1 Å². The number of nitrogens with one attached hydrogen (secondary N) is 5. The molecule has 0 unspecified atom stereocenters. The normalized spacial score (nSPS) is 18.2. The van der Waals surface area contributed by atoms with E-state index in [9.17, 15) is 48.6 Å². The van der Waals surface area contributed by atoms with Gasteiger partial charge in [-0.2, -0.15) is 0 Å². The molecule has 17 nitrogen and oxygen atoms in total. The Labute approximate surface area is 229 Å². The van der Waals surface area contributed by atoms with Crippen molar-refractivity contribution in [3.05, 3.63) is 0 Å². The van der Waals surface area contributed by atoms with Crippen LogP contribution in [0.5, 0.6) is 0 Å². The monoisotopic (exact) mass is 571 g/mol. The van der Waals surface area contributed by atoms with E-state index >= 15 is 0 Å². The smallest absolute Gasteiger partial charge is 0.326 e. The van der Waals surface area contributed by atoms with Crippen molar-refractivity contribution >= 4 is 47.4 Å². The molecule has 224 valence electrons. The molecule has 1 aliphatic heterocycles. The summed E-state index contributed by atoms with van der Waals surface area (Å²) in [7, 11) is 0. The molecule has 1 heterocycles. The first kappa shape index (κ1) is 33.7. The third-order valence-electron chi connectivity index (χ3n) is 6.24. The minimum atomic E-state index is -1.87. The molecule has 0 aliphatic carbocycles. The molecule has 0 radical (unpaired) electrons. The molecule has 1 fully saturated rings. The highest BCUT2D eigenvalue weighted by atomic mass is 16.4. The molecular weight excluding hydrogens is 534 g/mol. The van der Waals surface area contributed by atoms with Gasteiger partial charge in [0.05, 0.1) is 25.3 Å². The molecular formula is C23H37N7O10. The molecule has 17 heteroatoms. The molecule has 0 saturated carbocycles. The van der Waals surface area contributed by atoms with Crippen molar-refractivity contribution < 1.29 is 48.6 Å². The largest absolute Gasteiger partial charge is 0.481 e. The lowest BCUT2D eigenvalue weighted by Crippen LogP contribution is -2.60. The summed E-state index contributed by atoms with van der Waals surface area (Å²) in [6.07, 6.45) is -0.766. The first-order chi connectivity index (χ1) is 18.7. The first-order valence-corrected chi connectivity index (χ1v) is 12.6. The number of hydrogen-bond donors (Lipinski definition) is 9. The minimum absolute atomic E-state index is 0.397. The zero-order valence-electron chi connectivity index (χ0n) is 22.2. The second kappa shape index (κ2) is 16.0. The van der Waals surface area contributed by atoms with Gasteiger partial charge >= 0.3 is 11.9 Å². The summed E-state index contributed by atoms with van der Waals surface area (Å²) in [5, 5.41) is 30.3. The van der Waals surface area contributed by atoms with Crippen LogP contribution in [0.2, 0.25) is 0 Å². The third-order valence-corrected chi connectivity index (χ3v) is 6.24. The van der Waals surface area contributed by atoms with Crippen LogP contribution in [0.4, 0.5) is 0 Å². The molecule has 0 aromatic rings. The average Bonchev–Trinajstić information content (AvgIpc) is 3.39. The van der Waals surface area contributed by atoms with Crippen molar-refractivity contribution in [2.45, 2.75) is 82.6 Å². The van der Waals surface area contributed by atoms with Crippen LogP contribution in [-0.2, 0) is 38.4 Å². The van der Waals surface area contributed by atoms with E-state index in [-0.39, 0.29) is 0 Å². The van der Waals surface area contributed by atoms with Gasteiger partial charge in [0.2, 0.25) is 35.4 Å². The molecule has 0 aromatic carbocycles. The van der Waals surface area contributed by atoms with Crippen molar-refractivity contribution in [1.29, 1.82) is 0 Å². The Morgan fingerprint density at radius 2 is 1.30 bits per heavy atom. The second-order valence-electron chi connectivity index (χ2n) is 9.48. The number of carbonyl (C=O) groups is 8. The maximum Gasteiger partial charge on any atom is 0.326 e. The van der Waals surface area contributed by atoms with Gasteiger partial charge in [-0.1, -0.05) is 20.3 Å². The van der Waals surface area contributed by atoms with Gasteiger partial charge in [0, 0.05) is 0 Å². The van der Waals surface area contributed by atoms with E-state index < -0.39 is 103 Å². The summed E-state index contributed by atoms with van der Waals surface area (Å²) in [6.45, 7) is 4.10. The highest BCUT2D eigenvalue weighted by Crippen LogP contribution is 2.12. The van der Waals surface area contributed by atoms with Crippen LogP contribution in [0, 0.1) is 5.92 Å². The van der Waals surface area contributed by atoms with Crippen molar-refractivity contribution in [3.63, 3.8) is 0 Å². The van der Waals surface area contributed by atoms with Crippen molar-refractivity contribution in [2.24, 2.45) is 17.4 Å². The number of carboxylic acids is 2. The topological polar surface area (TPSA) is 289 Å². The summed E-state index contributed by atoms with van der Waals surface area (Å²) in [4.78, 5) is 96.8. The summed E-state index contributed by atoms with van der Waals surface area (Å²) >= 11 is 0. The van der Waals surface area contributed by atoms with Gasteiger partial charge in [-0.25, -0.2) is 4.79 Å². The predicted molar refractivity (Wildman–Crippen MR) is 136 cm³/mol. The number of carboxylic acid groups (broad SMARTS) is 2. The lowest BCUT2D eigenvalue weighted by atomic mass is 9.97. The molecule has 40 heavy (non-hydrogen) atoms. The Kier molecular flexibility index (Phi) is 13.5. The highest BCUT2D eigenvalue weighted by Gasteiger charge is 2.35. The molecule has 0 bridgehead atoms. The van der Waals surface area contributed by atoms with Crippen LogP contribution in [0.15, 0.2) is 0 Å². The zero-order chi connectivity index (χ0) is 30.6. The van der Waals surface area contributed by atoms with Gasteiger partial charge in [0.15, 0.2) is 0 Å². The second-order valence-corrected chi connectivity index (χ2v) is 9.48. The molecule has 1 saturated heterocycles. The molecule has 1 aliphatic rings. The fourth-order valence-electron chi connectivity index (χ4n) is 3.87. The van der Waals surface area contributed by atoms with Crippen LogP contribution in [0.25, 0.3) is 0 Å². The number of carbonyl (C=O) groups excluding carboxylic acids is 6. The molecule has 0 spiro atoms. The number of amides is 6. The summed E-state index contributed by atoms with van der Waals surface area (Å²) in [6, 6.07) is -6.96. The first-order valence-electron chi connectivity index (χ1n) is 12.6. The van der Waals surface area contributed by atoms with Gasteiger partial charge in [0.1, 0.15) is 24.2 Å². The van der Waals surface area contributed by atoms with E-state index in [1.54, 1.807) is 13.8 Å². The molecule has 11 N–H and O–H groups in total. The number of aliphatic carboxylic acids is 2. The third kappa shape index (κ3) is 11.2. The SMILES string of the molecule is CC[C@H](C)[C@H](NC(=O)[C@@H]1CCCN1)C(=O)N[C@@H](CC(N)=O)C(=O)N[C@@H](CC(=O)O)C(=O)N[C@@H](CC(N)=O)C(=O)O. The van der Waals surface area contributed by atoms with Gasteiger partial charge in [-0.05, 0) is 25.3 Å². The van der Waals surface area contributed by atoms with E-state index in [0.29, 0.717) is 19.4 Å². The Morgan fingerprint density at radius 1 is 0.800 bits per heavy atom. The highest BCUT2D eigenvalue weighted by molar-refractivity contribution is 5.98. The fraction of sp³-hybridized carbons (Fsp3) is 0.652. The lowest BCUT2D eigenvalue weighted by Gasteiger charge is -2.28. The van der Waals surface area contributed by atoms with Gasteiger partial charge in [0.25, 0.3) is 0 Å². The summed E-state index contributed by atoms with van der Waals surface area (Å²) in [5.74, 6) is -9.38. The van der Waals surface area contributed by atoms with Gasteiger partial charge in [-0.3, -0.25) is 33.6 Å². The Balaban J connectivity index is 3.11. The average molecular weight is 572 g/mol. The molecule has 6 amide bonds. The van der Waals surface area contributed by atoms with E-state index in [4.69, 9.17) is 11.5 Å². The summed E-state index contributed by atoms with van der Waals surface area (Å²) in [5.41, 5.74) is 10.2. The zero-order valence-corrected chi connectivity index (χ0v) is 22.2. The number of nitrogens with two attached hydrogens (primary N) is 2. The maximum atomic E-state index is 13.2. The van der Waals surface area contributed by atoms with Crippen LogP contribution in [-0.4, -0.2) is 94.3 Å². The quantitative estimate of drug-likeness (QED) is 0.0811. The summed E-state index contributed by atoms with van der Waals surface area (Å²) < 4.78 is 0. The molecule has 0 aromatic heterocycles. The van der Waals surface area contributed by atoms with Crippen LogP contribution in [0.3, 0.4) is 0 Å². The van der Waals surface area contributed by atoms with Crippen LogP contribution in [0.1, 0.15) is 52.4 Å². The fourth-order valence-corrected chi connectivity index (χ4v) is 3.87. The Morgan fingerprint density at radius 3 is 1.75 bits per heavy atom.